The molecule has 1 unspecified atom stereocenters. The Bertz CT molecular complexity index is 599. The highest BCUT2D eigenvalue weighted by Crippen LogP contribution is 2.29. The molecule has 0 aromatic heterocycles. The molecule has 0 heterocycles. The summed E-state index contributed by atoms with van der Waals surface area (Å²) >= 11 is 0. The molecule has 0 saturated carbocycles. The van der Waals surface area contributed by atoms with Gasteiger partial charge in [0.25, 0.3) is 0 Å². The largest absolute Gasteiger partial charge is 0.497 e. The Hall–Kier alpha value is -1.80. The van der Waals surface area contributed by atoms with Crippen LogP contribution in [0.1, 0.15) is 11.6 Å². The molecule has 0 amide bonds. The molecule has 21 heavy (non-hydrogen) atoms. The van der Waals surface area contributed by atoms with Gasteiger partial charge in [-0.1, -0.05) is 6.07 Å². The minimum absolute atomic E-state index is 0.384. The minimum atomic E-state index is -3.67. The molecule has 0 saturated heterocycles. The van der Waals surface area contributed by atoms with Crippen molar-refractivity contribution in [3.63, 3.8) is 0 Å². The highest BCUT2D eigenvalue weighted by molar-refractivity contribution is 7.92. The summed E-state index contributed by atoms with van der Waals surface area (Å²) in [6, 6.07) is 4.09. The van der Waals surface area contributed by atoms with Gasteiger partial charge in [0.2, 0.25) is 0 Å². The first kappa shape index (κ1) is 17.3. The fourth-order valence-electron chi connectivity index (χ4n) is 1.79. The quantitative estimate of drug-likeness (QED) is 0.721. The van der Waals surface area contributed by atoms with E-state index in [0.717, 1.165) is 7.11 Å². The Kier molecular flexibility index (Phi) is 5.98. The summed E-state index contributed by atoms with van der Waals surface area (Å²) in [5.41, 5.74) is 6.43. The van der Waals surface area contributed by atoms with Crippen molar-refractivity contribution < 1.29 is 27.4 Å². The molecule has 1 rings (SSSR count). The maximum atomic E-state index is 11.9. The van der Waals surface area contributed by atoms with Crippen molar-refractivity contribution in [1.82, 2.24) is 0 Å². The average Bonchev–Trinajstić information content (AvgIpc) is 2.45. The standard InChI is InChI=1S/C13H19NO6S/c1-18-9-4-5-10(12(6-9)19-2)11(14)7-21(16,17)8-13(15)20-3/h4-6,11H,7-8,14H2,1-3H3. The summed E-state index contributed by atoms with van der Waals surface area (Å²) in [4.78, 5) is 11.1. The Morgan fingerprint density at radius 3 is 2.43 bits per heavy atom. The van der Waals surface area contributed by atoms with Gasteiger partial charge in [-0.2, -0.15) is 0 Å². The molecule has 8 heteroatoms. The van der Waals surface area contributed by atoms with Crippen LogP contribution in [0.15, 0.2) is 18.2 Å². The smallest absolute Gasteiger partial charge is 0.320 e. The summed E-state index contributed by atoms with van der Waals surface area (Å²) in [5.74, 6) is -0.903. The van der Waals surface area contributed by atoms with E-state index in [1.807, 2.05) is 0 Å². The van der Waals surface area contributed by atoms with Crippen LogP contribution in [0.3, 0.4) is 0 Å². The molecule has 1 atom stereocenters. The van der Waals surface area contributed by atoms with Gasteiger partial charge < -0.3 is 19.9 Å². The zero-order valence-electron chi connectivity index (χ0n) is 12.2. The number of methoxy groups -OCH3 is 3. The van der Waals surface area contributed by atoms with Crippen molar-refractivity contribution in [2.75, 3.05) is 32.8 Å². The van der Waals surface area contributed by atoms with Crippen LogP contribution < -0.4 is 15.2 Å². The third-order valence-electron chi connectivity index (χ3n) is 2.84. The summed E-state index contributed by atoms with van der Waals surface area (Å²) in [5, 5.41) is 0. The van der Waals surface area contributed by atoms with Crippen molar-refractivity contribution in [2.24, 2.45) is 5.73 Å². The van der Waals surface area contributed by atoms with Crippen molar-refractivity contribution in [1.29, 1.82) is 0 Å². The summed E-state index contributed by atoms with van der Waals surface area (Å²) in [7, 11) is 0.423. The van der Waals surface area contributed by atoms with Gasteiger partial charge in [-0.15, -0.1) is 0 Å². The second-order valence-electron chi connectivity index (χ2n) is 4.35. The van der Waals surface area contributed by atoms with E-state index >= 15 is 0 Å². The third kappa shape index (κ3) is 4.91. The molecule has 1 aromatic rings. The van der Waals surface area contributed by atoms with Crippen molar-refractivity contribution in [3.8, 4) is 11.5 Å². The lowest BCUT2D eigenvalue weighted by Crippen LogP contribution is -2.27. The molecule has 0 aliphatic rings. The topological polar surface area (TPSA) is 105 Å². The molecule has 0 aliphatic carbocycles. The number of carbonyl (C=O) groups excluding carboxylic acids is 1. The van der Waals surface area contributed by atoms with Gasteiger partial charge in [0.15, 0.2) is 9.84 Å². The summed E-state index contributed by atoms with van der Waals surface area (Å²) < 4.78 is 38.3. The summed E-state index contributed by atoms with van der Waals surface area (Å²) in [6.45, 7) is 0. The molecule has 0 radical (unpaired) electrons. The number of hydrogen-bond acceptors (Lipinski definition) is 7. The second-order valence-corrected chi connectivity index (χ2v) is 6.45. The monoisotopic (exact) mass is 317 g/mol. The Balaban J connectivity index is 2.93. The van der Waals surface area contributed by atoms with Crippen LogP contribution in [-0.2, 0) is 19.4 Å². The highest BCUT2D eigenvalue weighted by Gasteiger charge is 2.23. The molecule has 7 nitrogen and oxygen atoms in total. The maximum Gasteiger partial charge on any atom is 0.320 e. The van der Waals surface area contributed by atoms with Gasteiger partial charge in [0, 0.05) is 17.7 Å². The number of sulfone groups is 1. The molecule has 2 N–H and O–H groups in total. The number of ether oxygens (including phenoxy) is 3. The van der Waals surface area contributed by atoms with Crippen LogP contribution in [0.25, 0.3) is 0 Å². The number of nitrogens with two attached hydrogens (primary N) is 1. The Morgan fingerprint density at radius 2 is 1.90 bits per heavy atom. The molecular weight excluding hydrogens is 298 g/mol. The first-order valence-corrected chi connectivity index (χ1v) is 7.90. The van der Waals surface area contributed by atoms with E-state index in [1.165, 1.54) is 14.2 Å². The van der Waals surface area contributed by atoms with E-state index in [1.54, 1.807) is 18.2 Å². The van der Waals surface area contributed by atoms with E-state index in [0.29, 0.717) is 17.1 Å². The van der Waals surface area contributed by atoms with Crippen LogP contribution in [0.2, 0.25) is 0 Å². The first-order valence-electron chi connectivity index (χ1n) is 6.07. The maximum absolute atomic E-state index is 11.9. The van der Waals surface area contributed by atoms with Gasteiger partial charge in [-0.25, -0.2) is 8.42 Å². The fraction of sp³-hybridized carbons (Fsp3) is 0.462. The predicted octanol–water partition coefficient (Wildman–Crippen LogP) is 0.291. The number of carbonyl (C=O) groups is 1. The predicted molar refractivity (Wildman–Crippen MR) is 77.1 cm³/mol. The van der Waals surface area contributed by atoms with E-state index in [9.17, 15) is 13.2 Å². The van der Waals surface area contributed by atoms with Crippen LogP contribution in [0.4, 0.5) is 0 Å². The normalized spacial score (nSPS) is 12.6. The molecule has 0 bridgehead atoms. The molecule has 0 aliphatic heterocycles. The van der Waals surface area contributed by atoms with E-state index in [4.69, 9.17) is 15.2 Å². The zero-order chi connectivity index (χ0) is 16.0. The number of rotatable bonds is 7. The molecule has 0 fully saturated rings. The summed E-state index contributed by atoms with van der Waals surface area (Å²) in [6.07, 6.45) is 0. The highest BCUT2D eigenvalue weighted by atomic mass is 32.2. The van der Waals surface area contributed by atoms with Gasteiger partial charge in [-0.05, 0) is 6.07 Å². The van der Waals surface area contributed by atoms with Gasteiger partial charge in [-0.3, -0.25) is 4.79 Å². The molecule has 1 aromatic carbocycles. The first-order chi connectivity index (χ1) is 9.82. The molecule has 118 valence electrons. The fourth-order valence-corrected chi connectivity index (χ4v) is 3.11. The van der Waals surface area contributed by atoms with Crippen molar-refractivity contribution in [3.05, 3.63) is 23.8 Å². The van der Waals surface area contributed by atoms with E-state index < -0.39 is 27.6 Å². The number of benzene rings is 1. The number of hydrogen-bond donors (Lipinski definition) is 1. The minimum Gasteiger partial charge on any atom is -0.497 e. The van der Waals surface area contributed by atoms with Crippen LogP contribution in [-0.4, -0.2) is 47.2 Å². The lowest BCUT2D eigenvalue weighted by atomic mass is 10.1. The Morgan fingerprint density at radius 1 is 1.24 bits per heavy atom. The third-order valence-corrected chi connectivity index (χ3v) is 4.38. The van der Waals surface area contributed by atoms with Gasteiger partial charge >= 0.3 is 5.97 Å². The van der Waals surface area contributed by atoms with Crippen molar-refractivity contribution in [2.45, 2.75) is 6.04 Å². The molecule has 0 spiro atoms. The lowest BCUT2D eigenvalue weighted by molar-refractivity contribution is -0.137. The van der Waals surface area contributed by atoms with Crippen LogP contribution >= 0.6 is 0 Å². The van der Waals surface area contributed by atoms with Crippen LogP contribution in [0.5, 0.6) is 11.5 Å². The van der Waals surface area contributed by atoms with E-state index in [2.05, 4.69) is 4.74 Å². The number of esters is 1. The zero-order valence-corrected chi connectivity index (χ0v) is 13.0. The van der Waals surface area contributed by atoms with Gasteiger partial charge in [0.1, 0.15) is 17.3 Å². The lowest BCUT2D eigenvalue weighted by Gasteiger charge is -2.16. The van der Waals surface area contributed by atoms with Crippen molar-refractivity contribution >= 4 is 15.8 Å². The average molecular weight is 317 g/mol. The SMILES string of the molecule is COC(=O)CS(=O)(=O)CC(N)c1ccc(OC)cc1OC. The van der Waals surface area contributed by atoms with Crippen LogP contribution in [0, 0.1) is 0 Å². The van der Waals surface area contributed by atoms with Gasteiger partial charge in [0.05, 0.1) is 27.1 Å². The molecular formula is C13H19NO6S. The second kappa shape index (κ2) is 7.28. The Labute approximate surface area is 123 Å². The van der Waals surface area contributed by atoms with E-state index in [-0.39, 0.29) is 5.75 Å².